The molecule has 2 aliphatic rings. The molecule has 1 saturated heterocycles. The van der Waals surface area contributed by atoms with Crippen molar-refractivity contribution in [2.75, 3.05) is 13.2 Å². The second kappa shape index (κ2) is 11.5. The summed E-state index contributed by atoms with van der Waals surface area (Å²) in [5.41, 5.74) is 7.35. The maximum atomic E-state index is 13.5. The summed E-state index contributed by atoms with van der Waals surface area (Å²) in [7, 11) is 0. The third-order valence-electron chi connectivity index (χ3n) is 7.99. The number of hydrogen-bond donors (Lipinski definition) is 2. The summed E-state index contributed by atoms with van der Waals surface area (Å²) in [6, 6.07) is 27.9. The number of nitrogens with one attached hydrogen (secondary N) is 2. The molecule has 42 heavy (non-hydrogen) atoms. The summed E-state index contributed by atoms with van der Waals surface area (Å²) in [5.74, 6) is -0.260. The second-order valence-electron chi connectivity index (χ2n) is 12.1. The van der Waals surface area contributed by atoms with Gasteiger partial charge in [-0.05, 0) is 66.3 Å². The molecule has 1 aliphatic heterocycles. The Morgan fingerprint density at radius 1 is 0.905 bits per heavy atom. The van der Waals surface area contributed by atoms with E-state index >= 15 is 0 Å². The molecular formula is C35H37N3O4. The number of rotatable bonds is 7. The van der Waals surface area contributed by atoms with Gasteiger partial charge in [0.1, 0.15) is 12.6 Å². The molecule has 3 aromatic carbocycles. The first-order chi connectivity index (χ1) is 20.3. The number of H-pyrrole nitrogens is 1. The minimum absolute atomic E-state index is 0.0493. The average Bonchev–Trinajstić information content (AvgIpc) is 3.73. The summed E-state index contributed by atoms with van der Waals surface area (Å²) in [6.07, 6.45) is 1.55. The number of fused-ring (bicyclic) bond motifs is 3. The topological polar surface area (TPSA) is 83.7 Å². The van der Waals surface area contributed by atoms with Crippen molar-refractivity contribution < 1.29 is 19.1 Å². The molecule has 0 radical (unpaired) electrons. The fourth-order valence-electron chi connectivity index (χ4n) is 6.13. The van der Waals surface area contributed by atoms with Gasteiger partial charge in [-0.15, -0.1) is 0 Å². The molecular weight excluding hydrogens is 526 g/mol. The molecule has 0 unspecified atom stereocenters. The van der Waals surface area contributed by atoms with Crippen LogP contribution in [0.4, 0.5) is 4.79 Å². The summed E-state index contributed by atoms with van der Waals surface area (Å²) in [5, 5.41) is 3.03. The minimum Gasteiger partial charge on any atom is -0.448 e. The maximum absolute atomic E-state index is 13.5. The summed E-state index contributed by atoms with van der Waals surface area (Å²) in [6.45, 7) is 6.81. The summed E-state index contributed by atoms with van der Waals surface area (Å²) >= 11 is 0. The molecule has 7 nitrogen and oxygen atoms in total. The van der Waals surface area contributed by atoms with Crippen molar-refractivity contribution in [3.05, 3.63) is 108 Å². The van der Waals surface area contributed by atoms with Gasteiger partial charge in [0.2, 0.25) is 5.91 Å². The predicted octanol–water partition coefficient (Wildman–Crippen LogP) is 6.51. The monoisotopic (exact) mass is 563 g/mol. The molecule has 1 aromatic heterocycles. The number of hydrogen-bond acceptors (Lipinski definition) is 4. The molecule has 2 N–H and O–H groups in total. The summed E-state index contributed by atoms with van der Waals surface area (Å²) in [4.78, 5) is 31.7. The third kappa shape index (κ3) is 5.83. The van der Waals surface area contributed by atoms with E-state index in [-0.39, 0.29) is 24.5 Å². The van der Waals surface area contributed by atoms with E-state index < -0.39 is 17.7 Å². The van der Waals surface area contributed by atoms with E-state index in [0.29, 0.717) is 19.5 Å². The molecule has 2 atom stereocenters. The number of carbonyl (C=O) groups excluding carboxylic acids is 2. The lowest BCUT2D eigenvalue weighted by Crippen LogP contribution is -2.46. The van der Waals surface area contributed by atoms with Crippen molar-refractivity contribution in [3.8, 4) is 22.4 Å². The zero-order chi connectivity index (χ0) is 29.3. The highest BCUT2D eigenvalue weighted by Crippen LogP contribution is 2.44. The van der Waals surface area contributed by atoms with Crippen LogP contribution in [0.1, 0.15) is 49.8 Å². The van der Waals surface area contributed by atoms with Gasteiger partial charge in [-0.1, -0.05) is 72.8 Å². The number of likely N-dealkylation sites (tertiary alicyclic amines) is 1. The quantitative estimate of drug-likeness (QED) is 0.269. The van der Waals surface area contributed by atoms with Crippen LogP contribution in [-0.2, 0) is 20.8 Å². The molecule has 0 bridgehead atoms. The molecule has 7 heteroatoms. The Labute approximate surface area is 246 Å². The van der Waals surface area contributed by atoms with Crippen molar-refractivity contribution in [1.82, 2.24) is 15.2 Å². The van der Waals surface area contributed by atoms with Crippen LogP contribution in [0.5, 0.6) is 0 Å². The van der Waals surface area contributed by atoms with Crippen molar-refractivity contribution >= 4 is 12.0 Å². The number of aromatic nitrogens is 1. The molecule has 0 saturated carbocycles. The van der Waals surface area contributed by atoms with Crippen LogP contribution in [0.15, 0.2) is 91.1 Å². The van der Waals surface area contributed by atoms with Gasteiger partial charge >= 0.3 is 6.09 Å². The number of carbonyl (C=O) groups is 2. The van der Waals surface area contributed by atoms with E-state index in [2.05, 4.69) is 34.6 Å². The predicted molar refractivity (Wildman–Crippen MR) is 163 cm³/mol. The van der Waals surface area contributed by atoms with E-state index in [1.165, 1.54) is 16.0 Å². The SMILES string of the molecule is CC(C)(C)O[C@@H]1C[C@@H](C(=O)NCc2ccc(-c3ccc[nH]3)cc2)N(C(=O)OCC2c3ccccc3-c3ccccc32)C1. The fourth-order valence-corrected chi connectivity index (χ4v) is 6.13. The van der Waals surface area contributed by atoms with Crippen molar-refractivity contribution in [2.45, 2.75) is 57.4 Å². The Balaban J connectivity index is 1.13. The minimum atomic E-state index is -0.675. The Morgan fingerprint density at radius 2 is 1.57 bits per heavy atom. The summed E-state index contributed by atoms with van der Waals surface area (Å²) < 4.78 is 12.2. The van der Waals surface area contributed by atoms with Crippen molar-refractivity contribution in [2.24, 2.45) is 0 Å². The van der Waals surface area contributed by atoms with Gasteiger partial charge in [0.15, 0.2) is 0 Å². The number of amides is 2. The molecule has 0 spiro atoms. The van der Waals surface area contributed by atoms with Crippen molar-refractivity contribution in [1.29, 1.82) is 0 Å². The molecule has 1 aliphatic carbocycles. The zero-order valence-electron chi connectivity index (χ0n) is 24.3. The Kier molecular flexibility index (Phi) is 7.60. The van der Waals surface area contributed by atoms with Crippen LogP contribution in [0, 0.1) is 0 Å². The van der Waals surface area contributed by atoms with E-state index in [1.807, 2.05) is 87.6 Å². The highest BCUT2D eigenvalue weighted by molar-refractivity contribution is 5.86. The first-order valence-corrected chi connectivity index (χ1v) is 14.6. The number of nitrogens with zero attached hydrogens (tertiary/aromatic N) is 1. The lowest BCUT2D eigenvalue weighted by Gasteiger charge is -2.25. The zero-order valence-corrected chi connectivity index (χ0v) is 24.3. The van der Waals surface area contributed by atoms with Gasteiger partial charge in [-0.2, -0.15) is 0 Å². The van der Waals surface area contributed by atoms with Gasteiger partial charge in [0, 0.05) is 30.8 Å². The lowest BCUT2D eigenvalue weighted by molar-refractivity contribution is -0.125. The first-order valence-electron chi connectivity index (χ1n) is 14.6. The van der Waals surface area contributed by atoms with E-state index in [9.17, 15) is 9.59 Å². The van der Waals surface area contributed by atoms with Crippen LogP contribution in [0.25, 0.3) is 22.4 Å². The number of aromatic amines is 1. The molecule has 2 heterocycles. The third-order valence-corrected chi connectivity index (χ3v) is 7.99. The molecule has 2 amide bonds. The highest BCUT2D eigenvalue weighted by Gasteiger charge is 2.42. The van der Waals surface area contributed by atoms with Crippen LogP contribution in [-0.4, -0.2) is 52.8 Å². The molecule has 6 rings (SSSR count). The molecule has 4 aromatic rings. The smallest absolute Gasteiger partial charge is 0.410 e. The number of ether oxygens (including phenoxy) is 2. The van der Waals surface area contributed by atoms with Crippen LogP contribution in [0.2, 0.25) is 0 Å². The van der Waals surface area contributed by atoms with Crippen LogP contribution >= 0.6 is 0 Å². The van der Waals surface area contributed by atoms with Gasteiger partial charge in [-0.3, -0.25) is 9.69 Å². The van der Waals surface area contributed by atoms with E-state index in [4.69, 9.17) is 9.47 Å². The second-order valence-corrected chi connectivity index (χ2v) is 12.1. The molecule has 216 valence electrons. The van der Waals surface area contributed by atoms with Gasteiger partial charge in [-0.25, -0.2) is 4.79 Å². The highest BCUT2D eigenvalue weighted by atomic mass is 16.6. The largest absolute Gasteiger partial charge is 0.448 e. The number of benzene rings is 3. The van der Waals surface area contributed by atoms with Crippen LogP contribution < -0.4 is 5.32 Å². The Morgan fingerprint density at radius 3 is 2.19 bits per heavy atom. The van der Waals surface area contributed by atoms with Gasteiger partial charge in [0.25, 0.3) is 0 Å². The van der Waals surface area contributed by atoms with Crippen LogP contribution in [0.3, 0.4) is 0 Å². The van der Waals surface area contributed by atoms with Gasteiger partial charge < -0.3 is 19.8 Å². The average molecular weight is 564 g/mol. The fraction of sp³-hybridized carbons (Fsp3) is 0.314. The van der Waals surface area contributed by atoms with E-state index in [0.717, 1.165) is 27.9 Å². The Hall–Kier alpha value is -4.36. The van der Waals surface area contributed by atoms with E-state index in [1.54, 1.807) is 0 Å². The normalized spacial score (nSPS) is 18.0. The maximum Gasteiger partial charge on any atom is 0.410 e. The van der Waals surface area contributed by atoms with Gasteiger partial charge in [0.05, 0.1) is 18.2 Å². The lowest BCUT2D eigenvalue weighted by atomic mass is 9.98. The standard InChI is InChI=1S/C35H37N3O4/c1-35(2,3)42-25-19-32(33(39)37-20-23-14-16-24(17-15-23)31-13-8-18-36-31)38(21-25)34(40)41-22-30-28-11-6-4-9-26(28)27-10-5-7-12-29(27)30/h4-18,25,30,32,36H,19-22H2,1-3H3,(H,37,39)/t25-,32+/m1/s1. The molecule has 1 fully saturated rings. The first kappa shape index (κ1) is 27.8. The van der Waals surface area contributed by atoms with Crippen molar-refractivity contribution in [3.63, 3.8) is 0 Å². The Bertz CT molecular complexity index is 1510.